The molecule has 0 saturated heterocycles. The summed E-state index contributed by atoms with van der Waals surface area (Å²) in [4.78, 5) is 28.3. The zero-order chi connectivity index (χ0) is 18.6. The Morgan fingerprint density at radius 3 is 2.70 bits per heavy atom. The van der Waals surface area contributed by atoms with Crippen LogP contribution in [0.5, 0.6) is 5.75 Å². The standard InChI is InChI=1S/C20H19N3O4/c24-18(11-21-19(25)12-26-15-4-2-1-3-5-15)22-14-8-9-17-16(10-14)23-20(27-17)13-6-7-13/h1-5,8-10,13H,6-7,11-12H2,(H,21,25)(H,22,24). The smallest absolute Gasteiger partial charge is 0.258 e. The molecule has 1 aromatic heterocycles. The summed E-state index contributed by atoms with van der Waals surface area (Å²) in [6.45, 7) is -0.284. The van der Waals surface area contributed by atoms with Crippen molar-refractivity contribution in [3.63, 3.8) is 0 Å². The number of oxazole rings is 1. The number of carbonyl (C=O) groups excluding carboxylic acids is 2. The van der Waals surface area contributed by atoms with Crippen LogP contribution in [0.15, 0.2) is 52.9 Å². The van der Waals surface area contributed by atoms with Crippen molar-refractivity contribution in [3.05, 3.63) is 54.4 Å². The molecule has 0 aliphatic heterocycles. The third-order valence-electron chi connectivity index (χ3n) is 4.17. The molecular weight excluding hydrogens is 346 g/mol. The Balaban J connectivity index is 1.26. The molecule has 0 bridgehead atoms. The van der Waals surface area contributed by atoms with Crippen LogP contribution in [0, 0.1) is 0 Å². The van der Waals surface area contributed by atoms with Gasteiger partial charge in [-0.05, 0) is 43.2 Å². The van der Waals surface area contributed by atoms with Crippen LogP contribution in [-0.4, -0.2) is 29.9 Å². The first kappa shape index (κ1) is 17.1. The summed E-state index contributed by atoms with van der Waals surface area (Å²) in [6.07, 6.45) is 2.23. The van der Waals surface area contributed by atoms with Crippen molar-refractivity contribution in [3.8, 4) is 5.75 Å². The minimum Gasteiger partial charge on any atom is -0.484 e. The molecule has 1 heterocycles. The number of benzene rings is 2. The first-order valence-corrected chi connectivity index (χ1v) is 8.82. The highest BCUT2D eigenvalue weighted by molar-refractivity contribution is 5.96. The topological polar surface area (TPSA) is 93.5 Å². The molecule has 1 fully saturated rings. The average Bonchev–Trinajstić information content (AvgIpc) is 3.45. The Kier molecular flexibility index (Phi) is 4.74. The molecule has 138 valence electrons. The molecule has 0 atom stereocenters. The van der Waals surface area contributed by atoms with E-state index in [4.69, 9.17) is 9.15 Å². The molecule has 2 amide bonds. The SMILES string of the molecule is O=C(COc1ccccc1)NCC(=O)Nc1ccc2oc(C3CC3)nc2c1. The summed E-state index contributed by atoms with van der Waals surface area (Å²) in [7, 11) is 0. The Bertz CT molecular complexity index is 964. The summed E-state index contributed by atoms with van der Waals surface area (Å²) in [5, 5.41) is 5.27. The van der Waals surface area contributed by atoms with Crippen LogP contribution in [0.2, 0.25) is 0 Å². The van der Waals surface area contributed by atoms with Crippen molar-refractivity contribution in [2.75, 3.05) is 18.5 Å². The van der Waals surface area contributed by atoms with Gasteiger partial charge in [-0.3, -0.25) is 9.59 Å². The zero-order valence-corrected chi connectivity index (χ0v) is 14.6. The van der Waals surface area contributed by atoms with E-state index in [9.17, 15) is 9.59 Å². The molecule has 2 aromatic carbocycles. The fraction of sp³-hybridized carbons (Fsp3) is 0.250. The van der Waals surface area contributed by atoms with E-state index in [2.05, 4.69) is 15.6 Å². The predicted molar refractivity (Wildman–Crippen MR) is 99.6 cm³/mol. The molecule has 7 heteroatoms. The van der Waals surface area contributed by atoms with Crippen molar-refractivity contribution >= 4 is 28.6 Å². The maximum atomic E-state index is 12.0. The molecule has 2 N–H and O–H groups in total. The molecule has 0 spiro atoms. The molecule has 7 nitrogen and oxygen atoms in total. The number of ether oxygens (including phenoxy) is 1. The fourth-order valence-electron chi connectivity index (χ4n) is 2.63. The number of carbonyl (C=O) groups is 2. The lowest BCUT2D eigenvalue weighted by molar-refractivity contribution is -0.125. The summed E-state index contributed by atoms with van der Waals surface area (Å²) >= 11 is 0. The second-order valence-electron chi connectivity index (χ2n) is 6.44. The third kappa shape index (κ3) is 4.44. The Morgan fingerprint density at radius 2 is 1.93 bits per heavy atom. The predicted octanol–water partition coefficient (Wildman–Crippen LogP) is 2.84. The zero-order valence-electron chi connectivity index (χ0n) is 14.6. The normalized spacial score (nSPS) is 13.3. The van der Waals surface area contributed by atoms with Crippen molar-refractivity contribution in [1.82, 2.24) is 10.3 Å². The van der Waals surface area contributed by atoms with E-state index in [1.165, 1.54) is 0 Å². The van der Waals surface area contributed by atoms with Crippen LogP contribution >= 0.6 is 0 Å². The molecule has 0 radical (unpaired) electrons. The van der Waals surface area contributed by atoms with Gasteiger partial charge in [0.2, 0.25) is 5.91 Å². The van der Waals surface area contributed by atoms with Crippen LogP contribution in [0.3, 0.4) is 0 Å². The fourth-order valence-corrected chi connectivity index (χ4v) is 2.63. The van der Waals surface area contributed by atoms with Gasteiger partial charge in [0.05, 0.1) is 6.54 Å². The lowest BCUT2D eigenvalue weighted by atomic mass is 10.3. The van der Waals surface area contributed by atoms with E-state index >= 15 is 0 Å². The van der Waals surface area contributed by atoms with E-state index < -0.39 is 0 Å². The second kappa shape index (κ2) is 7.49. The number of para-hydroxylation sites is 1. The third-order valence-corrected chi connectivity index (χ3v) is 4.17. The number of amides is 2. The van der Waals surface area contributed by atoms with E-state index in [0.717, 1.165) is 24.2 Å². The van der Waals surface area contributed by atoms with Gasteiger partial charge in [0.1, 0.15) is 11.3 Å². The van der Waals surface area contributed by atoms with Crippen LogP contribution in [0.25, 0.3) is 11.1 Å². The van der Waals surface area contributed by atoms with Crippen molar-refractivity contribution in [2.45, 2.75) is 18.8 Å². The van der Waals surface area contributed by atoms with Gasteiger partial charge in [0.25, 0.3) is 5.91 Å². The molecule has 1 saturated carbocycles. The number of aromatic nitrogens is 1. The van der Waals surface area contributed by atoms with Gasteiger partial charge in [-0.25, -0.2) is 4.98 Å². The maximum absolute atomic E-state index is 12.0. The van der Waals surface area contributed by atoms with Gasteiger partial charge in [-0.15, -0.1) is 0 Å². The first-order valence-electron chi connectivity index (χ1n) is 8.82. The van der Waals surface area contributed by atoms with Crippen LogP contribution in [-0.2, 0) is 9.59 Å². The molecule has 27 heavy (non-hydrogen) atoms. The Labute approximate surface area is 155 Å². The number of nitrogens with zero attached hydrogens (tertiary/aromatic N) is 1. The summed E-state index contributed by atoms with van der Waals surface area (Å²) in [5.74, 6) is 1.11. The van der Waals surface area contributed by atoms with E-state index in [1.807, 2.05) is 18.2 Å². The highest BCUT2D eigenvalue weighted by Gasteiger charge is 2.28. The van der Waals surface area contributed by atoms with Gasteiger partial charge in [-0.2, -0.15) is 0 Å². The lowest BCUT2D eigenvalue weighted by Crippen LogP contribution is -2.35. The largest absolute Gasteiger partial charge is 0.484 e. The number of anilines is 1. The van der Waals surface area contributed by atoms with Crippen LogP contribution in [0.4, 0.5) is 5.69 Å². The highest BCUT2D eigenvalue weighted by atomic mass is 16.5. The number of fused-ring (bicyclic) bond motifs is 1. The van der Waals surface area contributed by atoms with Crippen LogP contribution < -0.4 is 15.4 Å². The van der Waals surface area contributed by atoms with Crippen molar-refractivity contribution < 1.29 is 18.7 Å². The second-order valence-corrected chi connectivity index (χ2v) is 6.44. The number of nitrogens with one attached hydrogen (secondary N) is 2. The van der Waals surface area contributed by atoms with Crippen molar-refractivity contribution in [1.29, 1.82) is 0 Å². The molecule has 1 aliphatic rings. The van der Waals surface area contributed by atoms with Gasteiger partial charge in [-0.1, -0.05) is 18.2 Å². The molecule has 4 rings (SSSR count). The van der Waals surface area contributed by atoms with Gasteiger partial charge in [0.15, 0.2) is 18.1 Å². The molecule has 1 aliphatic carbocycles. The summed E-state index contributed by atoms with van der Waals surface area (Å²) in [6, 6.07) is 14.3. The van der Waals surface area contributed by atoms with Gasteiger partial charge < -0.3 is 19.8 Å². The number of hydrogen-bond acceptors (Lipinski definition) is 5. The van der Waals surface area contributed by atoms with E-state index in [0.29, 0.717) is 22.9 Å². The monoisotopic (exact) mass is 365 g/mol. The molecule has 3 aromatic rings. The van der Waals surface area contributed by atoms with E-state index in [1.54, 1.807) is 30.3 Å². The average molecular weight is 365 g/mol. The number of hydrogen-bond donors (Lipinski definition) is 2. The summed E-state index contributed by atoms with van der Waals surface area (Å²) < 4.78 is 11.0. The quantitative estimate of drug-likeness (QED) is 0.671. The number of rotatable bonds is 7. The maximum Gasteiger partial charge on any atom is 0.258 e. The lowest BCUT2D eigenvalue weighted by Gasteiger charge is -2.08. The highest BCUT2D eigenvalue weighted by Crippen LogP contribution is 2.40. The van der Waals surface area contributed by atoms with Crippen LogP contribution in [0.1, 0.15) is 24.7 Å². The minimum atomic E-state index is -0.366. The Morgan fingerprint density at radius 1 is 1.11 bits per heavy atom. The first-order chi connectivity index (χ1) is 13.2. The van der Waals surface area contributed by atoms with Crippen molar-refractivity contribution in [2.24, 2.45) is 0 Å². The van der Waals surface area contributed by atoms with Gasteiger partial charge in [0, 0.05) is 11.6 Å². The molecular formula is C20H19N3O4. The van der Waals surface area contributed by atoms with E-state index in [-0.39, 0.29) is 25.0 Å². The minimum absolute atomic E-state index is 0.138. The Hall–Kier alpha value is -3.35. The molecule has 0 unspecified atom stereocenters. The van der Waals surface area contributed by atoms with Gasteiger partial charge >= 0.3 is 0 Å². The summed E-state index contributed by atoms with van der Waals surface area (Å²) in [5.41, 5.74) is 2.04.